The van der Waals surface area contributed by atoms with Crippen LogP contribution in [0.2, 0.25) is 5.02 Å². The molecule has 1 N–H and O–H groups in total. The monoisotopic (exact) mass is 335 g/mol. The summed E-state index contributed by atoms with van der Waals surface area (Å²) >= 11 is 5.87. The summed E-state index contributed by atoms with van der Waals surface area (Å²) in [5, 5.41) is 3.29. The maximum absolute atomic E-state index is 12.7. The average molecular weight is 336 g/mol. The van der Waals surface area contributed by atoms with Crippen LogP contribution in [-0.2, 0) is 16.0 Å². The Morgan fingerprint density at radius 2 is 1.87 bits per heavy atom. The van der Waals surface area contributed by atoms with Crippen molar-refractivity contribution in [1.82, 2.24) is 5.32 Å². The van der Waals surface area contributed by atoms with Gasteiger partial charge in [-0.05, 0) is 48.4 Å². The van der Waals surface area contributed by atoms with Crippen molar-refractivity contribution in [3.8, 4) is 0 Å². The number of hydrogen-bond acceptors (Lipinski definition) is 3. The predicted molar refractivity (Wildman–Crippen MR) is 84.8 cm³/mol. The molecule has 0 heterocycles. The van der Waals surface area contributed by atoms with E-state index in [0.717, 1.165) is 17.7 Å². The number of carbonyl (C=O) groups is 2. The van der Waals surface area contributed by atoms with E-state index in [1.54, 1.807) is 6.07 Å². The van der Waals surface area contributed by atoms with Crippen LogP contribution < -0.4 is 5.32 Å². The third-order valence-corrected chi connectivity index (χ3v) is 3.27. The zero-order valence-electron chi connectivity index (χ0n) is 12.2. The van der Waals surface area contributed by atoms with Crippen molar-refractivity contribution in [2.24, 2.45) is 0 Å². The van der Waals surface area contributed by atoms with Crippen LogP contribution in [0, 0.1) is 5.82 Å². The number of rotatable bonds is 6. The molecule has 0 aromatic heterocycles. The Hall–Kier alpha value is -2.40. The SMILES string of the molecule is O=C(COC(=O)c1ccc(F)cc1)NCCc1cccc(Cl)c1. The van der Waals surface area contributed by atoms with Crippen molar-refractivity contribution in [1.29, 1.82) is 0 Å². The van der Waals surface area contributed by atoms with Gasteiger partial charge in [-0.2, -0.15) is 0 Å². The van der Waals surface area contributed by atoms with Gasteiger partial charge in [-0.25, -0.2) is 9.18 Å². The highest BCUT2D eigenvalue weighted by Gasteiger charge is 2.10. The molecule has 0 unspecified atom stereocenters. The molecular formula is C17H15ClFNO3. The molecule has 120 valence electrons. The number of benzene rings is 2. The van der Waals surface area contributed by atoms with Gasteiger partial charge in [0.2, 0.25) is 0 Å². The molecule has 4 nitrogen and oxygen atoms in total. The first-order chi connectivity index (χ1) is 11.0. The zero-order valence-corrected chi connectivity index (χ0v) is 13.0. The molecule has 0 atom stereocenters. The number of esters is 1. The van der Waals surface area contributed by atoms with E-state index >= 15 is 0 Å². The highest BCUT2D eigenvalue weighted by molar-refractivity contribution is 6.30. The molecule has 23 heavy (non-hydrogen) atoms. The third-order valence-electron chi connectivity index (χ3n) is 3.04. The van der Waals surface area contributed by atoms with Gasteiger partial charge in [-0.15, -0.1) is 0 Å². The van der Waals surface area contributed by atoms with Crippen molar-refractivity contribution in [2.75, 3.05) is 13.2 Å². The largest absolute Gasteiger partial charge is 0.452 e. The summed E-state index contributed by atoms with van der Waals surface area (Å²) in [5.74, 6) is -1.52. The van der Waals surface area contributed by atoms with Crippen molar-refractivity contribution in [2.45, 2.75) is 6.42 Å². The Morgan fingerprint density at radius 1 is 1.13 bits per heavy atom. The first kappa shape index (κ1) is 17.0. The van der Waals surface area contributed by atoms with Crippen LogP contribution in [-0.4, -0.2) is 25.0 Å². The van der Waals surface area contributed by atoms with Gasteiger partial charge in [0, 0.05) is 11.6 Å². The van der Waals surface area contributed by atoms with E-state index in [0.29, 0.717) is 18.0 Å². The van der Waals surface area contributed by atoms with Crippen LogP contribution in [0.5, 0.6) is 0 Å². The summed E-state index contributed by atoms with van der Waals surface area (Å²) in [6.07, 6.45) is 0.623. The van der Waals surface area contributed by atoms with Gasteiger partial charge in [-0.3, -0.25) is 4.79 Å². The Bertz CT molecular complexity index is 688. The fourth-order valence-electron chi connectivity index (χ4n) is 1.89. The van der Waals surface area contributed by atoms with Crippen LogP contribution in [0.4, 0.5) is 4.39 Å². The molecule has 1 amide bonds. The molecule has 0 aliphatic heterocycles. The van der Waals surface area contributed by atoms with E-state index in [2.05, 4.69) is 5.32 Å². The van der Waals surface area contributed by atoms with Gasteiger partial charge in [0.25, 0.3) is 5.91 Å². The number of halogens is 2. The quantitative estimate of drug-likeness (QED) is 0.826. The number of nitrogens with one attached hydrogen (secondary N) is 1. The van der Waals surface area contributed by atoms with E-state index in [1.807, 2.05) is 18.2 Å². The zero-order chi connectivity index (χ0) is 16.7. The molecule has 0 radical (unpaired) electrons. The van der Waals surface area contributed by atoms with Gasteiger partial charge in [0.15, 0.2) is 6.61 Å². The second-order valence-corrected chi connectivity index (χ2v) is 5.25. The molecular weight excluding hydrogens is 321 g/mol. The molecule has 0 aliphatic rings. The minimum absolute atomic E-state index is 0.193. The maximum atomic E-state index is 12.7. The van der Waals surface area contributed by atoms with E-state index < -0.39 is 17.7 Å². The smallest absolute Gasteiger partial charge is 0.338 e. The Balaban J connectivity index is 1.70. The molecule has 0 bridgehead atoms. The highest BCUT2D eigenvalue weighted by atomic mass is 35.5. The minimum atomic E-state index is -0.671. The van der Waals surface area contributed by atoms with E-state index in [1.165, 1.54) is 12.1 Å². The van der Waals surface area contributed by atoms with Gasteiger partial charge in [0.05, 0.1) is 5.56 Å². The summed E-state index contributed by atoms with van der Waals surface area (Å²) in [7, 11) is 0. The average Bonchev–Trinajstić information content (AvgIpc) is 2.53. The molecule has 2 aromatic rings. The molecule has 0 saturated heterocycles. The summed E-state index contributed by atoms with van der Waals surface area (Å²) in [5.41, 5.74) is 1.19. The first-order valence-corrected chi connectivity index (χ1v) is 7.36. The molecule has 0 spiro atoms. The van der Waals surface area contributed by atoms with Crippen molar-refractivity contribution in [3.63, 3.8) is 0 Å². The lowest BCUT2D eigenvalue weighted by Gasteiger charge is -2.07. The number of amides is 1. The second-order valence-electron chi connectivity index (χ2n) is 4.81. The molecule has 0 aliphatic carbocycles. The van der Waals surface area contributed by atoms with Crippen LogP contribution in [0.1, 0.15) is 15.9 Å². The Labute approximate surface area is 138 Å². The number of hydrogen-bond donors (Lipinski definition) is 1. The Kier molecular flexibility index (Phi) is 6.11. The first-order valence-electron chi connectivity index (χ1n) is 6.98. The second kappa shape index (κ2) is 8.29. The van der Waals surface area contributed by atoms with Crippen molar-refractivity contribution in [3.05, 3.63) is 70.5 Å². The summed E-state index contributed by atoms with van der Waals surface area (Å²) in [4.78, 5) is 23.3. The van der Waals surface area contributed by atoms with Crippen LogP contribution in [0.25, 0.3) is 0 Å². The predicted octanol–water partition coefficient (Wildman–Crippen LogP) is 2.99. The summed E-state index contributed by atoms with van der Waals surface area (Å²) in [6.45, 7) is 0.0268. The number of carbonyl (C=O) groups excluding carboxylic acids is 2. The van der Waals surface area contributed by atoms with E-state index in [4.69, 9.17) is 16.3 Å². The minimum Gasteiger partial charge on any atom is -0.452 e. The lowest BCUT2D eigenvalue weighted by Crippen LogP contribution is -2.30. The topological polar surface area (TPSA) is 55.4 Å². The van der Waals surface area contributed by atoms with Gasteiger partial charge >= 0.3 is 5.97 Å². The van der Waals surface area contributed by atoms with Gasteiger partial charge < -0.3 is 10.1 Å². The summed E-state index contributed by atoms with van der Waals surface area (Å²) in [6, 6.07) is 12.3. The lowest BCUT2D eigenvalue weighted by atomic mass is 10.1. The summed E-state index contributed by atoms with van der Waals surface area (Å²) < 4.78 is 17.6. The van der Waals surface area contributed by atoms with E-state index in [9.17, 15) is 14.0 Å². The third kappa shape index (κ3) is 5.71. The Morgan fingerprint density at radius 3 is 2.57 bits per heavy atom. The van der Waals surface area contributed by atoms with Crippen molar-refractivity contribution < 1.29 is 18.7 Å². The van der Waals surface area contributed by atoms with Crippen molar-refractivity contribution >= 4 is 23.5 Å². The van der Waals surface area contributed by atoms with Crippen LogP contribution in [0.15, 0.2) is 48.5 Å². The van der Waals surface area contributed by atoms with Gasteiger partial charge in [0.1, 0.15) is 5.82 Å². The highest BCUT2D eigenvalue weighted by Crippen LogP contribution is 2.10. The normalized spacial score (nSPS) is 10.2. The molecule has 2 aromatic carbocycles. The standard InChI is InChI=1S/C17H15ClFNO3/c18-14-3-1-2-12(10-14)8-9-20-16(21)11-23-17(22)13-4-6-15(19)7-5-13/h1-7,10H,8-9,11H2,(H,20,21). The fraction of sp³-hybridized carbons (Fsp3) is 0.176. The fourth-order valence-corrected chi connectivity index (χ4v) is 2.10. The maximum Gasteiger partial charge on any atom is 0.338 e. The van der Waals surface area contributed by atoms with Gasteiger partial charge in [-0.1, -0.05) is 23.7 Å². The molecule has 6 heteroatoms. The molecule has 2 rings (SSSR count). The molecule has 0 saturated carbocycles. The van der Waals surface area contributed by atoms with Crippen LogP contribution in [0.3, 0.4) is 0 Å². The van der Waals surface area contributed by atoms with E-state index in [-0.39, 0.29) is 12.2 Å². The van der Waals surface area contributed by atoms with Crippen LogP contribution >= 0.6 is 11.6 Å². The molecule has 0 fully saturated rings. The number of ether oxygens (including phenoxy) is 1. The lowest BCUT2D eigenvalue weighted by molar-refractivity contribution is -0.124.